The van der Waals surface area contributed by atoms with Crippen molar-refractivity contribution >= 4 is 50.7 Å². The molecule has 0 spiro atoms. The lowest BCUT2D eigenvalue weighted by Gasteiger charge is -2.10. The highest BCUT2D eigenvalue weighted by Gasteiger charge is 2.18. The van der Waals surface area contributed by atoms with Gasteiger partial charge in [0, 0.05) is 34.3 Å². The molecule has 2 heterocycles. The van der Waals surface area contributed by atoms with Crippen LogP contribution in [0.3, 0.4) is 0 Å². The van der Waals surface area contributed by atoms with E-state index in [0.717, 1.165) is 11.1 Å². The van der Waals surface area contributed by atoms with Gasteiger partial charge < -0.3 is 20.5 Å². The van der Waals surface area contributed by atoms with Crippen molar-refractivity contribution in [1.82, 2.24) is 10.3 Å². The Kier molecular flexibility index (Phi) is 7.30. The SMILES string of the molecule is CCOC(=O)c1cnc(N)c2c(COc3cccc(C(=O)NCc4ccc(Cl)cc4)c3)csc12. The normalized spacial score (nSPS) is 10.8. The Labute approximate surface area is 205 Å². The number of carbonyl (C=O) groups is 2. The average molecular weight is 496 g/mol. The highest BCUT2D eigenvalue weighted by Crippen LogP contribution is 2.33. The zero-order valence-corrected chi connectivity index (χ0v) is 19.9. The summed E-state index contributed by atoms with van der Waals surface area (Å²) in [5.41, 5.74) is 8.70. The Morgan fingerprint density at radius 1 is 1.18 bits per heavy atom. The lowest BCUT2D eigenvalue weighted by molar-refractivity contribution is 0.0528. The number of ether oxygens (including phenoxy) is 2. The van der Waals surface area contributed by atoms with E-state index in [9.17, 15) is 9.59 Å². The Morgan fingerprint density at radius 2 is 1.97 bits per heavy atom. The van der Waals surface area contributed by atoms with Gasteiger partial charge in [-0.25, -0.2) is 9.78 Å². The summed E-state index contributed by atoms with van der Waals surface area (Å²) in [5, 5.41) is 6.09. The van der Waals surface area contributed by atoms with E-state index in [1.165, 1.54) is 17.5 Å². The van der Waals surface area contributed by atoms with Gasteiger partial charge in [-0.15, -0.1) is 11.3 Å². The van der Waals surface area contributed by atoms with Crippen LogP contribution in [0.25, 0.3) is 10.1 Å². The first kappa shape index (κ1) is 23.5. The fourth-order valence-corrected chi connectivity index (χ4v) is 4.55. The molecule has 0 fully saturated rings. The Bertz CT molecular complexity index is 1340. The Hall–Kier alpha value is -3.62. The molecule has 1 amide bonds. The number of thiophene rings is 1. The molecule has 0 bridgehead atoms. The highest BCUT2D eigenvalue weighted by molar-refractivity contribution is 7.17. The average Bonchev–Trinajstić information content (AvgIpc) is 3.27. The van der Waals surface area contributed by atoms with Crippen molar-refractivity contribution in [3.63, 3.8) is 0 Å². The quantitative estimate of drug-likeness (QED) is 0.325. The molecule has 34 heavy (non-hydrogen) atoms. The van der Waals surface area contributed by atoms with Gasteiger partial charge in [0.15, 0.2) is 0 Å². The van der Waals surface area contributed by atoms with Crippen molar-refractivity contribution in [3.05, 3.63) is 87.4 Å². The van der Waals surface area contributed by atoms with E-state index in [2.05, 4.69) is 10.3 Å². The van der Waals surface area contributed by atoms with Crippen LogP contribution in [0, 0.1) is 0 Å². The minimum atomic E-state index is -0.438. The number of amides is 1. The molecule has 4 rings (SSSR count). The Morgan fingerprint density at radius 3 is 2.74 bits per heavy atom. The first-order valence-corrected chi connectivity index (χ1v) is 11.8. The van der Waals surface area contributed by atoms with E-state index in [1.54, 1.807) is 43.3 Å². The molecule has 2 aromatic carbocycles. The molecule has 0 radical (unpaired) electrons. The second kappa shape index (κ2) is 10.5. The molecule has 9 heteroatoms. The smallest absolute Gasteiger partial charge is 0.341 e. The molecule has 0 aliphatic rings. The number of nitrogens with zero attached hydrogens (tertiary/aromatic N) is 1. The van der Waals surface area contributed by atoms with E-state index < -0.39 is 5.97 Å². The van der Waals surface area contributed by atoms with E-state index in [1.807, 2.05) is 17.5 Å². The number of rotatable bonds is 8. The van der Waals surface area contributed by atoms with Crippen LogP contribution in [0.5, 0.6) is 5.75 Å². The lowest BCUT2D eigenvalue weighted by Crippen LogP contribution is -2.22. The molecule has 0 saturated carbocycles. The third-order valence-corrected chi connectivity index (χ3v) is 6.37. The minimum absolute atomic E-state index is 0.202. The number of hydrogen-bond acceptors (Lipinski definition) is 7. The summed E-state index contributed by atoms with van der Waals surface area (Å²) < 4.78 is 11.8. The van der Waals surface area contributed by atoms with Gasteiger partial charge in [-0.2, -0.15) is 0 Å². The number of nitrogens with one attached hydrogen (secondary N) is 1. The van der Waals surface area contributed by atoms with Gasteiger partial charge in [-0.1, -0.05) is 29.8 Å². The van der Waals surface area contributed by atoms with E-state index in [4.69, 9.17) is 26.8 Å². The molecule has 0 atom stereocenters. The third-order valence-electron chi connectivity index (χ3n) is 5.05. The van der Waals surface area contributed by atoms with Crippen LogP contribution in [0.4, 0.5) is 5.82 Å². The van der Waals surface area contributed by atoms with Crippen LogP contribution in [0.15, 0.2) is 60.1 Å². The molecule has 7 nitrogen and oxygen atoms in total. The van der Waals surface area contributed by atoms with Crippen LogP contribution >= 0.6 is 22.9 Å². The van der Waals surface area contributed by atoms with Gasteiger partial charge in [0.05, 0.1) is 16.9 Å². The van der Waals surface area contributed by atoms with Crippen LogP contribution in [0.2, 0.25) is 5.02 Å². The lowest BCUT2D eigenvalue weighted by atomic mass is 10.1. The molecule has 0 aliphatic carbocycles. The number of hydrogen-bond donors (Lipinski definition) is 2. The fourth-order valence-electron chi connectivity index (χ4n) is 3.37. The van der Waals surface area contributed by atoms with Gasteiger partial charge in [0.1, 0.15) is 18.2 Å². The predicted octanol–water partition coefficient (Wildman–Crippen LogP) is 5.22. The molecular weight excluding hydrogens is 474 g/mol. The highest BCUT2D eigenvalue weighted by atomic mass is 35.5. The summed E-state index contributed by atoms with van der Waals surface area (Å²) in [4.78, 5) is 29.0. The zero-order valence-electron chi connectivity index (χ0n) is 18.3. The first-order chi connectivity index (χ1) is 16.5. The van der Waals surface area contributed by atoms with Gasteiger partial charge in [-0.3, -0.25) is 4.79 Å². The monoisotopic (exact) mass is 495 g/mol. The topological polar surface area (TPSA) is 104 Å². The van der Waals surface area contributed by atoms with Gasteiger partial charge in [0.25, 0.3) is 5.91 Å². The third kappa shape index (κ3) is 5.30. The number of aromatic nitrogens is 1. The maximum Gasteiger partial charge on any atom is 0.341 e. The number of anilines is 1. The van der Waals surface area contributed by atoms with Crippen molar-refractivity contribution in [2.75, 3.05) is 12.3 Å². The molecule has 2 aromatic heterocycles. The van der Waals surface area contributed by atoms with Crippen molar-refractivity contribution in [1.29, 1.82) is 0 Å². The maximum absolute atomic E-state index is 12.6. The number of nitrogens with two attached hydrogens (primary N) is 1. The largest absolute Gasteiger partial charge is 0.489 e. The molecule has 3 N–H and O–H groups in total. The zero-order chi connectivity index (χ0) is 24.1. The van der Waals surface area contributed by atoms with Crippen molar-refractivity contribution in [2.24, 2.45) is 0 Å². The van der Waals surface area contributed by atoms with E-state index >= 15 is 0 Å². The summed E-state index contributed by atoms with van der Waals surface area (Å²) in [6.07, 6.45) is 1.43. The van der Waals surface area contributed by atoms with Crippen molar-refractivity contribution in [2.45, 2.75) is 20.1 Å². The number of benzene rings is 2. The molecular formula is C25H22ClN3O4S. The first-order valence-electron chi connectivity index (χ1n) is 10.5. The number of pyridine rings is 1. The molecule has 4 aromatic rings. The Balaban J connectivity index is 1.45. The second-order valence-corrected chi connectivity index (χ2v) is 8.68. The second-order valence-electron chi connectivity index (χ2n) is 7.37. The van der Waals surface area contributed by atoms with Crippen molar-refractivity contribution < 1.29 is 19.1 Å². The van der Waals surface area contributed by atoms with Crippen LogP contribution in [-0.4, -0.2) is 23.5 Å². The minimum Gasteiger partial charge on any atom is -0.489 e. The number of esters is 1. The standard InChI is InChI=1S/C25H22ClN3O4S/c1-2-32-25(31)20-12-28-23(27)21-17(14-34-22(20)21)13-33-19-5-3-4-16(10-19)24(30)29-11-15-6-8-18(26)9-7-15/h3-10,12,14H,2,11,13H2,1H3,(H2,27,28)(H,29,30). The summed E-state index contributed by atoms with van der Waals surface area (Å²) in [7, 11) is 0. The molecule has 174 valence electrons. The summed E-state index contributed by atoms with van der Waals surface area (Å²) in [5.74, 6) is 0.199. The number of nitrogen functional groups attached to an aromatic ring is 1. The number of carbonyl (C=O) groups excluding carboxylic acids is 2. The van der Waals surface area contributed by atoms with E-state index in [0.29, 0.717) is 44.3 Å². The summed E-state index contributed by atoms with van der Waals surface area (Å²) in [6.45, 7) is 2.61. The van der Waals surface area contributed by atoms with Gasteiger partial charge >= 0.3 is 5.97 Å². The molecule has 0 saturated heterocycles. The molecule has 0 aliphatic heterocycles. The van der Waals surface area contributed by atoms with E-state index in [-0.39, 0.29) is 19.1 Å². The van der Waals surface area contributed by atoms with Crippen molar-refractivity contribution in [3.8, 4) is 5.75 Å². The van der Waals surface area contributed by atoms with Crippen LogP contribution in [0.1, 0.15) is 38.8 Å². The predicted molar refractivity (Wildman–Crippen MR) is 133 cm³/mol. The maximum atomic E-state index is 12.6. The van der Waals surface area contributed by atoms with Crippen LogP contribution in [-0.2, 0) is 17.9 Å². The number of fused-ring (bicyclic) bond motifs is 1. The summed E-state index contributed by atoms with van der Waals surface area (Å²) in [6, 6.07) is 14.2. The molecule has 0 unspecified atom stereocenters. The van der Waals surface area contributed by atoms with Crippen LogP contribution < -0.4 is 15.8 Å². The van der Waals surface area contributed by atoms with Gasteiger partial charge in [-0.05, 0) is 48.2 Å². The number of halogens is 1. The van der Waals surface area contributed by atoms with Gasteiger partial charge in [0.2, 0.25) is 0 Å². The summed E-state index contributed by atoms with van der Waals surface area (Å²) >= 11 is 7.28. The fraction of sp³-hybridized carbons (Fsp3) is 0.160.